The number of nitriles is 1. The molecule has 0 spiro atoms. The first-order chi connectivity index (χ1) is 15.1. The molecule has 5 rings (SSSR count). The molecule has 0 unspecified atom stereocenters. The highest BCUT2D eigenvalue weighted by atomic mass is 32.1. The lowest BCUT2D eigenvalue weighted by atomic mass is 10.1. The van der Waals surface area contributed by atoms with Crippen molar-refractivity contribution in [1.29, 1.82) is 5.26 Å². The lowest BCUT2D eigenvalue weighted by Crippen LogP contribution is -2.45. The highest BCUT2D eigenvalue weighted by Crippen LogP contribution is 2.27. The van der Waals surface area contributed by atoms with E-state index in [0.29, 0.717) is 29.1 Å². The predicted octanol–water partition coefficient (Wildman–Crippen LogP) is 3.30. The van der Waals surface area contributed by atoms with E-state index in [-0.39, 0.29) is 18.1 Å². The number of aromatic amines is 1. The minimum absolute atomic E-state index is 0.0501. The summed E-state index contributed by atoms with van der Waals surface area (Å²) in [5.74, 6) is 0.608. The fraction of sp³-hybridized carbons (Fsp3) is 0.261. The Morgan fingerprint density at radius 2 is 2.16 bits per heavy atom. The van der Waals surface area contributed by atoms with Crippen molar-refractivity contribution in [1.82, 2.24) is 14.5 Å². The molecule has 3 aromatic heterocycles. The van der Waals surface area contributed by atoms with Crippen molar-refractivity contribution in [3.05, 3.63) is 69.3 Å². The van der Waals surface area contributed by atoms with E-state index < -0.39 is 0 Å². The molecule has 0 amide bonds. The van der Waals surface area contributed by atoms with Crippen molar-refractivity contribution in [2.24, 2.45) is 5.73 Å². The molecule has 7 nitrogen and oxygen atoms in total. The van der Waals surface area contributed by atoms with Crippen molar-refractivity contribution in [2.75, 3.05) is 18.0 Å². The fourth-order valence-corrected chi connectivity index (χ4v) is 4.86. The summed E-state index contributed by atoms with van der Waals surface area (Å²) in [6.07, 6.45) is 1.92. The lowest BCUT2D eigenvalue weighted by Gasteiger charge is -2.33. The monoisotopic (exact) mass is 430 g/mol. The van der Waals surface area contributed by atoms with E-state index in [1.165, 1.54) is 0 Å². The molecule has 31 heavy (non-hydrogen) atoms. The molecule has 0 saturated carbocycles. The van der Waals surface area contributed by atoms with Crippen LogP contribution in [-0.2, 0) is 6.54 Å². The topological polar surface area (TPSA) is 104 Å². The number of thiophene rings is 1. The predicted molar refractivity (Wildman–Crippen MR) is 123 cm³/mol. The Morgan fingerprint density at radius 1 is 1.29 bits per heavy atom. The molecular weight excluding hydrogens is 408 g/mol. The van der Waals surface area contributed by atoms with Crippen molar-refractivity contribution >= 4 is 28.3 Å². The molecule has 4 aromatic rings. The second kappa shape index (κ2) is 8.02. The molecule has 3 N–H and O–H groups in total. The van der Waals surface area contributed by atoms with Gasteiger partial charge in [0.25, 0.3) is 5.56 Å². The maximum absolute atomic E-state index is 13.6. The van der Waals surface area contributed by atoms with Crippen LogP contribution in [0.4, 0.5) is 5.95 Å². The van der Waals surface area contributed by atoms with E-state index in [0.717, 1.165) is 35.5 Å². The van der Waals surface area contributed by atoms with Crippen LogP contribution < -0.4 is 16.2 Å². The SMILES string of the molecule is N#Cc1ccccc1Cn1c(N2CCC[C@@H](N)C2)nc2cc(-c3cccs3)[nH]c2c1=O. The Kier molecular flexibility index (Phi) is 5.06. The molecule has 0 aliphatic carbocycles. The van der Waals surface area contributed by atoms with Crippen molar-refractivity contribution in [3.8, 4) is 16.6 Å². The molecule has 1 aliphatic rings. The number of anilines is 1. The van der Waals surface area contributed by atoms with E-state index in [2.05, 4.69) is 16.0 Å². The molecule has 156 valence electrons. The number of hydrogen-bond donors (Lipinski definition) is 2. The summed E-state index contributed by atoms with van der Waals surface area (Å²) in [6.45, 7) is 1.73. The van der Waals surface area contributed by atoms with Crippen molar-refractivity contribution in [2.45, 2.75) is 25.4 Å². The molecule has 0 radical (unpaired) electrons. The summed E-state index contributed by atoms with van der Waals surface area (Å²) in [4.78, 5) is 24.9. The largest absolute Gasteiger partial charge is 0.348 e. The van der Waals surface area contributed by atoms with Crippen LogP contribution >= 0.6 is 11.3 Å². The van der Waals surface area contributed by atoms with Crippen molar-refractivity contribution in [3.63, 3.8) is 0 Å². The third-order valence-electron chi connectivity index (χ3n) is 5.71. The minimum atomic E-state index is -0.144. The number of H-pyrrole nitrogens is 1. The lowest BCUT2D eigenvalue weighted by molar-refractivity contribution is 0.492. The Balaban J connectivity index is 1.68. The van der Waals surface area contributed by atoms with Gasteiger partial charge in [0.1, 0.15) is 5.52 Å². The maximum Gasteiger partial charge on any atom is 0.279 e. The van der Waals surface area contributed by atoms with Crippen LogP contribution in [-0.4, -0.2) is 33.7 Å². The third kappa shape index (κ3) is 3.63. The van der Waals surface area contributed by atoms with Crippen molar-refractivity contribution < 1.29 is 0 Å². The zero-order valence-corrected chi connectivity index (χ0v) is 17.7. The zero-order valence-electron chi connectivity index (χ0n) is 16.9. The Morgan fingerprint density at radius 3 is 2.94 bits per heavy atom. The quantitative estimate of drug-likeness (QED) is 0.517. The molecule has 1 atom stereocenters. The highest BCUT2D eigenvalue weighted by molar-refractivity contribution is 7.13. The number of piperidine rings is 1. The van der Waals surface area contributed by atoms with Gasteiger partial charge in [-0.05, 0) is 42.0 Å². The van der Waals surface area contributed by atoms with E-state index >= 15 is 0 Å². The molecule has 8 heteroatoms. The van der Waals surface area contributed by atoms with Crippen LogP contribution in [0.2, 0.25) is 0 Å². The van der Waals surface area contributed by atoms with Crippen LogP contribution in [0.15, 0.2) is 52.6 Å². The average molecular weight is 431 g/mol. The van der Waals surface area contributed by atoms with Gasteiger partial charge >= 0.3 is 0 Å². The Hall–Kier alpha value is -3.41. The number of rotatable bonds is 4. The first-order valence-corrected chi connectivity index (χ1v) is 11.2. The molecule has 1 saturated heterocycles. The van der Waals surface area contributed by atoms with Gasteiger partial charge in [0.05, 0.1) is 34.3 Å². The second-order valence-corrected chi connectivity index (χ2v) is 8.79. The van der Waals surface area contributed by atoms with Crippen LogP contribution in [0, 0.1) is 11.3 Å². The van der Waals surface area contributed by atoms with Gasteiger partial charge < -0.3 is 15.6 Å². The molecule has 0 bridgehead atoms. The second-order valence-electron chi connectivity index (χ2n) is 7.84. The standard InChI is InChI=1S/C23H22N6OS/c24-12-15-5-1-2-6-16(15)13-29-22(30)21-19(11-18(26-21)20-8-4-10-31-20)27-23(29)28-9-3-7-17(25)14-28/h1-2,4-6,8,10-11,17,26H,3,7,9,13-14,25H2/t17-/m1/s1. The van der Waals surface area contributed by atoms with Crippen LogP contribution in [0.1, 0.15) is 24.0 Å². The van der Waals surface area contributed by atoms with Gasteiger partial charge in [0, 0.05) is 19.1 Å². The van der Waals surface area contributed by atoms with E-state index in [1.807, 2.05) is 41.8 Å². The number of aromatic nitrogens is 3. The number of nitrogens with one attached hydrogen (secondary N) is 1. The van der Waals surface area contributed by atoms with Gasteiger partial charge in [-0.3, -0.25) is 9.36 Å². The van der Waals surface area contributed by atoms with Crippen LogP contribution in [0.25, 0.3) is 21.6 Å². The number of benzene rings is 1. The van der Waals surface area contributed by atoms with E-state index in [9.17, 15) is 10.1 Å². The number of fused-ring (bicyclic) bond motifs is 1. The van der Waals surface area contributed by atoms with Gasteiger partial charge in [-0.15, -0.1) is 11.3 Å². The zero-order chi connectivity index (χ0) is 21.4. The molecule has 1 aliphatic heterocycles. The van der Waals surface area contributed by atoms with Crippen LogP contribution in [0.5, 0.6) is 0 Å². The Labute approximate surface area is 183 Å². The van der Waals surface area contributed by atoms with Gasteiger partial charge in [0.2, 0.25) is 5.95 Å². The highest BCUT2D eigenvalue weighted by Gasteiger charge is 2.24. The van der Waals surface area contributed by atoms with Gasteiger partial charge in [-0.25, -0.2) is 4.98 Å². The summed E-state index contributed by atoms with van der Waals surface area (Å²) in [5.41, 5.74) is 9.43. The van der Waals surface area contributed by atoms with Crippen LogP contribution in [0.3, 0.4) is 0 Å². The van der Waals surface area contributed by atoms with E-state index in [1.54, 1.807) is 22.0 Å². The minimum Gasteiger partial charge on any atom is -0.348 e. The maximum atomic E-state index is 13.6. The first-order valence-electron chi connectivity index (χ1n) is 10.3. The summed E-state index contributed by atoms with van der Waals surface area (Å²) < 4.78 is 1.67. The Bertz CT molecular complexity index is 1330. The molecule has 1 aromatic carbocycles. The van der Waals surface area contributed by atoms with Gasteiger partial charge in [-0.1, -0.05) is 24.3 Å². The van der Waals surface area contributed by atoms with E-state index in [4.69, 9.17) is 10.7 Å². The average Bonchev–Trinajstić information content (AvgIpc) is 3.46. The molecule has 1 fully saturated rings. The molecule has 4 heterocycles. The summed E-state index contributed by atoms with van der Waals surface area (Å²) in [7, 11) is 0. The summed E-state index contributed by atoms with van der Waals surface area (Å²) in [5, 5.41) is 11.5. The fourth-order valence-electron chi connectivity index (χ4n) is 4.17. The summed E-state index contributed by atoms with van der Waals surface area (Å²) >= 11 is 1.61. The first kappa shape index (κ1) is 19.5. The number of nitrogens with zero attached hydrogens (tertiary/aromatic N) is 4. The number of hydrogen-bond acceptors (Lipinski definition) is 6. The summed E-state index contributed by atoms with van der Waals surface area (Å²) in [6, 6.07) is 15.6. The molecular formula is C23H22N6OS. The normalized spacial score (nSPS) is 16.5. The van der Waals surface area contributed by atoms with Gasteiger partial charge in [0.15, 0.2) is 0 Å². The third-order valence-corrected chi connectivity index (χ3v) is 6.61. The van der Waals surface area contributed by atoms with Gasteiger partial charge in [-0.2, -0.15) is 5.26 Å². The smallest absolute Gasteiger partial charge is 0.279 e. The number of nitrogens with two attached hydrogens (primary N) is 1.